The van der Waals surface area contributed by atoms with E-state index in [2.05, 4.69) is 0 Å². The van der Waals surface area contributed by atoms with Gasteiger partial charge < -0.3 is 20.8 Å². The number of carbonyl (C=O) groups excluding carboxylic acids is 1. The molecule has 98 valence electrons. The molecular weight excluding hydrogens is 232 g/mol. The summed E-state index contributed by atoms with van der Waals surface area (Å²) >= 11 is 0. The van der Waals surface area contributed by atoms with Crippen molar-refractivity contribution < 1.29 is 15.0 Å². The van der Waals surface area contributed by atoms with E-state index in [1.165, 1.54) is 4.90 Å². The molecule has 0 aromatic heterocycles. The first-order valence-electron chi connectivity index (χ1n) is 6.02. The Morgan fingerprint density at radius 2 is 1.83 bits per heavy atom. The number of rotatable bonds is 3. The van der Waals surface area contributed by atoms with E-state index in [1.54, 1.807) is 0 Å². The van der Waals surface area contributed by atoms with Crippen molar-refractivity contribution in [2.45, 2.75) is 24.7 Å². The molecule has 3 atom stereocenters. The molecule has 1 aliphatic heterocycles. The zero-order valence-electron chi connectivity index (χ0n) is 10.1. The summed E-state index contributed by atoms with van der Waals surface area (Å²) in [7, 11) is 0. The van der Waals surface area contributed by atoms with Gasteiger partial charge in [-0.1, -0.05) is 30.3 Å². The lowest BCUT2D eigenvalue weighted by atomic mass is 10.1. The van der Waals surface area contributed by atoms with Crippen LogP contribution in [0.2, 0.25) is 0 Å². The summed E-state index contributed by atoms with van der Waals surface area (Å²) in [4.78, 5) is 13.4. The van der Waals surface area contributed by atoms with E-state index < -0.39 is 18.2 Å². The number of β-amino-alcohol motifs (C(OH)–C–C–N with tert-alkyl or cyclic N) is 2. The van der Waals surface area contributed by atoms with E-state index in [9.17, 15) is 15.0 Å². The summed E-state index contributed by atoms with van der Waals surface area (Å²) in [5.74, 6) is -0.227. The van der Waals surface area contributed by atoms with Gasteiger partial charge in [0.1, 0.15) is 0 Å². The molecule has 1 aliphatic rings. The second kappa shape index (κ2) is 5.48. The number of amides is 1. The van der Waals surface area contributed by atoms with Crippen LogP contribution in [0, 0.1) is 0 Å². The Hall–Kier alpha value is -1.43. The number of nitrogens with zero attached hydrogens (tertiary/aromatic N) is 1. The molecule has 0 saturated carbocycles. The van der Waals surface area contributed by atoms with Gasteiger partial charge in [0.05, 0.1) is 18.2 Å². The van der Waals surface area contributed by atoms with E-state index in [4.69, 9.17) is 5.73 Å². The standard InChI is InChI=1S/C13H18N2O3/c14-10(6-9-4-2-1-3-5-9)13(18)15-7-11(16)12(17)8-15/h1-5,10-12,16-17H,6-8,14H2/t10?,11-,12-/m0/s1. The molecule has 5 heteroatoms. The number of aliphatic hydroxyl groups is 2. The minimum absolute atomic E-state index is 0.155. The summed E-state index contributed by atoms with van der Waals surface area (Å²) in [5.41, 5.74) is 6.86. The number of nitrogens with two attached hydrogens (primary N) is 1. The predicted molar refractivity (Wildman–Crippen MR) is 66.7 cm³/mol. The third kappa shape index (κ3) is 2.87. The molecule has 0 bridgehead atoms. The van der Waals surface area contributed by atoms with E-state index in [1.807, 2.05) is 30.3 Å². The first-order valence-corrected chi connectivity index (χ1v) is 6.02. The Balaban J connectivity index is 1.93. The fourth-order valence-corrected chi connectivity index (χ4v) is 2.14. The molecule has 4 N–H and O–H groups in total. The summed E-state index contributed by atoms with van der Waals surface area (Å²) in [6, 6.07) is 8.90. The molecule has 1 heterocycles. The first kappa shape index (κ1) is 13.0. The van der Waals surface area contributed by atoms with Crippen LogP contribution < -0.4 is 5.73 Å². The van der Waals surface area contributed by atoms with E-state index in [-0.39, 0.29) is 19.0 Å². The number of aliphatic hydroxyl groups excluding tert-OH is 2. The van der Waals surface area contributed by atoms with Gasteiger partial charge in [-0.2, -0.15) is 0 Å². The highest BCUT2D eigenvalue weighted by molar-refractivity contribution is 5.82. The topological polar surface area (TPSA) is 86.8 Å². The van der Waals surface area contributed by atoms with Crippen molar-refractivity contribution >= 4 is 5.91 Å². The zero-order chi connectivity index (χ0) is 13.1. The summed E-state index contributed by atoms with van der Waals surface area (Å²) in [6.07, 6.45) is -1.27. The van der Waals surface area contributed by atoms with E-state index in [0.29, 0.717) is 6.42 Å². The maximum absolute atomic E-state index is 12.0. The molecular formula is C13H18N2O3. The highest BCUT2D eigenvalue weighted by atomic mass is 16.3. The second-order valence-electron chi connectivity index (χ2n) is 4.67. The molecule has 2 rings (SSSR count). The van der Waals surface area contributed by atoms with Crippen molar-refractivity contribution in [3.05, 3.63) is 35.9 Å². The van der Waals surface area contributed by atoms with Gasteiger partial charge in [-0.05, 0) is 12.0 Å². The Morgan fingerprint density at radius 1 is 1.28 bits per heavy atom. The van der Waals surface area contributed by atoms with Crippen LogP contribution in [0.4, 0.5) is 0 Å². The molecule has 1 aromatic rings. The lowest BCUT2D eigenvalue weighted by Crippen LogP contribution is -2.44. The molecule has 0 aliphatic carbocycles. The van der Waals surface area contributed by atoms with Crippen molar-refractivity contribution in [3.63, 3.8) is 0 Å². The van der Waals surface area contributed by atoms with Crippen molar-refractivity contribution in [1.29, 1.82) is 0 Å². The second-order valence-corrected chi connectivity index (χ2v) is 4.67. The molecule has 1 amide bonds. The van der Waals surface area contributed by atoms with Gasteiger partial charge >= 0.3 is 0 Å². The molecule has 0 radical (unpaired) electrons. The average molecular weight is 250 g/mol. The van der Waals surface area contributed by atoms with Crippen molar-refractivity contribution in [1.82, 2.24) is 4.90 Å². The number of likely N-dealkylation sites (tertiary alicyclic amines) is 1. The van der Waals surface area contributed by atoms with Crippen LogP contribution >= 0.6 is 0 Å². The normalized spacial score (nSPS) is 25.2. The van der Waals surface area contributed by atoms with E-state index >= 15 is 0 Å². The molecule has 18 heavy (non-hydrogen) atoms. The highest BCUT2D eigenvalue weighted by Crippen LogP contribution is 2.12. The smallest absolute Gasteiger partial charge is 0.240 e. The van der Waals surface area contributed by atoms with Gasteiger partial charge in [-0.25, -0.2) is 0 Å². The quantitative estimate of drug-likeness (QED) is 0.650. The van der Waals surface area contributed by atoms with Crippen LogP contribution in [0.5, 0.6) is 0 Å². The number of benzene rings is 1. The summed E-state index contributed by atoms with van der Waals surface area (Å²) in [6.45, 7) is 0.310. The largest absolute Gasteiger partial charge is 0.388 e. The van der Waals surface area contributed by atoms with Gasteiger partial charge in [-0.15, -0.1) is 0 Å². The molecule has 1 fully saturated rings. The minimum Gasteiger partial charge on any atom is -0.388 e. The van der Waals surface area contributed by atoms with Crippen LogP contribution in [-0.4, -0.2) is 52.4 Å². The third-order valence-corrected chi connectivity index (χ3v) is 3.19. The fraction of sp³-hybridized carbons (Fsp3) is 0.462. The molecule has 5 nitrogen and oxygen atoms in total. The van der Waals surface area contributed by atoms with Gasteiger partial charge in [0.15, 0.2) is 0 Å². The lowest BCUT2D eigenvalue weighted by Gasteiger charge is -2.20. The van der Waals surface area contributed by atoms with Crippen LogP contribution in [0.3, 0.4) is 0 Å². The summed E-state index contributed by atoms with van der Waals surface area (Å²) in [5, 5.41) is 18.8. The summed E-state index contributed by atoms with van der Waals surface area (Å²) < 4.78 is 0. The lowest BCUT2D eigenvalue weighted by molar-refractivity contribution is -0.132. The Kier molecular flexibility index (Phi) is 3.96. The van der Waals surface area contributed by atoms with Crippen LogP contribution in [-0.2, 0) is 11.2 Å². The van der Waals surface area contributed by atoms with Crippen molar-refractivity contribution in [2.24, 2.45) is 5.73 Å². The Morgan fingerprint density at radius 3 is 2.39 bits per heavy atom. The van der Waals surface area contributed by atoms with Gasteiger partial charge in [-0.3, -0.25) is 4.79 Å². The minimum atomic E-state index is -0.863. The molecule has 1 saturated heterocycles. The first-order chi connectivity index (χ1) is 8.58. The molecule has 0 spiro atoms. The van der Waals surface area contributed by atoms with Crippen molar-refractivity contribution in [3.8, 4) is 0 Å². The molecule has 1 aromatic carbocycles. The maximum Gasteiger partial charge on any atom is 0.240 e. The Bertz CT molecular complexity index is 400. The van der Waals surface area contributed by atoms with Gasteiger partial charge in [0.2, 0.25) is 5.91 Å². The highest BCUT2D eigenvalue weighted by Gasteiger charge is 2.34. The van der Waals surface area contributed by atoms with Crippen LogP contribution in [0.15, 0.2) is 30.3 Å². The average Bonchev–Trinajstić information content (AvgIpc) is 2.70. The SMILES string of the molecule is NC(Cc1ccccc1)C(=O)N1C[C@H](O)[C@@H](O)C1. The third-order valence-electron chi connectivity index (χ3n) is 3.19. The molecule has 1 unspecified atom stereocenters. The van der Waals surface area contributed by atoms with Crippen LogP contribution in [0.1, 0.15) is 5.56 Å². The Labute approximate surface area is 106 Å². The number of hydrogen-bond acceptors (Lipinski definition) is 4. The van der Waals surface area contributed by atoms with Gasteiger partial charge in [0, 0.05) is 13.1 Å². The van der Waals surface area contributed by atoms with Crippen LogP contribution in [0.25, 0.3) is 0 Å². The monoisotopic (exact) mass is 250 g/mol. The number of hydrogen-bond donors (Lipinski definition) is 3. The fourth-order valence-electron chi connectivity index (χ4n) is 2.14. The van der Waals surface area contributed by atoms with Crippen molar-refractivity contribution in [2.75, 3.05) is 13.1 Å². The zero-order valence-corrected chi connectivity index (χ0v) is 10.1. The maximum atomic E-state index is 12.0. The predicted octanol–water partition coefficient (Wildman–Crippen LogP) is -0.880. The van der Waals surface area contributed by atoms with E-state index in [0.717, 1.165) is 5.56 Å². The van der Waals surface area contributed by atoms with Gasteiger partial charge in [0.25, 0.3) is 0 Å². The number of carbonyl (C=O) groups is 1.